The molecular weight excluding hydrogens is 398 g/mol. The van der Waals surface area contributed by atoms with Crippen LogP contribution in [0.2, 0.25) is 0 Å². The first kappa shape index (κ1) is 21.5. The molecule has 30 heavy (non-hydrogen) atoms. The van der Waals surface area contributed by atoms with Crippen molar-refractivity contribution in [2.75, 3.05) is 27.3 Å². The van der Waals surface area contributed by atoms with E-state index in [-0.39, 0.29) is 5.91 Å². The van der Waals surface area contributed by atoms with E-state index < -0.39 is 0 Å². The van der Waals surface area contributed by atoms with Gasteiger partial charge in [-0.2, -0.15) is 5.10 Å². The van der Waals surface area contributed by atoms with Gasteiger partial charge in [-0.3, -0.25) is 15.2 Å². The van der Waals surface area contributed by atoms with Crippen LogP contribution >= 0.6 is 12.2 Å². The monoisotopic (exact) mass is 423 g/mol. The Kier molecular flexibility index (Phi) is 7.53. The Morgan fingerprint density at radius 2 is 1.80 bits per heavy atom. The fraction of sp³-hybridized carbons (Fsp3) is 0.227. The van der Waals surface area contributed by atoms with Crippen molar-refractivity contribution in [3.8, 4) is 16.9 Å². The van der Waals surface area contributed by atoms with E-state index in [0.29, 0.717) is 29.5 Å². The molecule has 0 aliphatic rings. The Labute approximate surface area is 181 Å². The summed E-state index contributed by atoms with van der Waals surface area (Å²) in [5, 5.41) is 9.69. The molecule has 0 fully saturated rings. The third-order valence-corrected chi connectivity index (χ3v) is 4.82. The number of methoxy groups -OCH3 is 1. The second-order valence-corrected chi connectivity index (χ2v) is 7.00. The Morgan fingerprint density at radius 1 is 1.13 bits per heavy atom. The molecule has 8 heteroatoms. The highest BCUT2D eigenvalue weighted by molar-refractivity contribution is 7.80. The van der Waals surface area contributed by atoms with Gasteiger partial charge >= 0.3 is 0 Å². The highest BCUT2D eigenvalue weighted by Crippen LogP contribution is 2.23. The van der Waals surface area contributed by atoms with Crippen molar-refractivity contribution < 1.29 is 9.53 Å². The molecule has 1 aromatic heterocycles. The summed E-state index contributed by atoms with van der Waals surface area (Å²) in [5.41, 5.74) is 5.61. The first-order chi connectivity index (χ1) is 14.6. The standard InChI is InChI=1S/C22H25N5O2S/c1-26(22(30)23-14-9-15-29-2)25-21(28)19-16-27(18-12-7-4-8-13-18)24-20(19)17-10-5-3-6-11-17/h3-8,10-13,16H,9,14-15H2,1-2H3,(H,23,30)(H,25,28). The molecule has 0 aliphatic carbocycles. The number of hydrogen-bond donors (Lipinski definition) is 2. The quantitative estimate of drug-likeness (QED) is 0.346. The van der Waals surface area contributed by atoms with Gasteiger partial charge in [0, 0.05) is 39.1 Å². The smallest absolute Gasteiger partial charge is 0.273 e. The number of hydrazine groups is 1. The molecule has 1 heterocycles. The molecule has 0 saturated carbocycles. The van der Waals surface area contributed by atoms with Gasteiger partial charge < -0.3 is 10.1 Å². The van der Waals surface area contributed by atoms with E-state index >= 15 is 0 Å². The van der Waals surface area contributed by atoms with E-state index in [1.807, 2.05) is 60.7 Å². The molecule has 2 aromatic carbocycles. The van der Waals surface area contributed by atoms with Crippen LogP contribution in [0.4, 0.5) is 0 Å². The first-order valence-electron chi connectivity index (χ1n) is 9.62. The van der Waals surface area contributed by atoms with Crippen molar-refractivity contribution in [3.05, 3.63) is 72.4 Å². The predicted molar refractivity (Wildman–Crippen MR) is 121 cm³/mol. The summed E-state index contributed by atoms with van der Waals surface area (Å²) >= 11 is 5.34. The van der Waals surface area contributed by atoms with Gasteiger partial charge in [0.05, 0.1) is 11.3 Å². The normalized spacial score (nSPS) is 10.5. The van der Waals surface area contributed by atoms with E-state index in [0.717, 1.165) is 17.7 Å². The molecule has 0 radical (unpaired) electrons. The van der Waals surface area contributed by atoms with Gasteiger partial charge in [0.15, 0.2) is 5.11 Å². The molecular formula is C22H25N5O2S. The number of nitrogens with one attached hydrogen (secondary N) is 2. The number of aromatic nitrogens is 2. The topological polar surface area (TPSA) is 71.4 Å². The average Bonchev–Trinajstić information content (AvgIpc) is 3.23. The van der Waals surface area contributed by atoms with E-state index in [2.05, 4.69) is 15.8 Å². The van der Waals surface area contributed by atoms with Crippen molar-refractivity contribution >= 4 is 23.2 Å². The summed E-state index contributed by atoms with van der Waals surface area (Å²) in [6.45, 7) is 1.30. The lowest BCUT2D eigenvalue weighted by molar-refractivity contribution is 0.0887. The zero-order valence-corrected chi connectivity index (χ0v) is 17.9. The third kappa shape index (κ3) is 5.43. The number of carbonyl (C=O) groups is 1. The molecule has 0 spiro atoms. The molecule has 0 aliphatic heterocycles. The molecule has 7 nitrogen and oxygen atoms in total. The van der Waals surface area contributed by atoms with Crippen LogP contribution in [-0.4, -0.2) is 53.1 Å². The van der Waals surface area contributed by atoms with E-state index in [4.69, 9.17) is 17.0 Å². The number of thiocarbonyl (C=S) groups is 1. The van der Waals surface area contributed by atoms with Crippen LogP contribution in [-0.2, 0) is 4.74 Å². The summed E-state index contributed by atoms with van der Waals surface area (Å²) in [6.07, 6.45) is 2.55. The van der Waals surface area contributed by atoms with Crippen molar-refractivity contribution in [2.45, 2.75) is 6.42 Å². The van der Waals surface area contributed by atoms with E-state index in [9.17, 15) is 4.79 Å². The van der Waals surface area contributed by atoms with Crippen LogP contribution in [0.3, 0.4) is 0 Å². The molecule has 0 atom stereocenters. The van der Waals surface area contributed by atoms with Crippen LogP contribution in [0.15, 0.2) is 66.9 Å². The van der Waals surface area contributed by atoms with Gasteiger partial charge in [0.2, 0.25) is 0 Å². The maximum atomic E-state index is 13.1. The summed E-state index contributed by atoms with van der Waals surface area (Å²) in [4.78, 5) is 13.1. The second-order valence-electron chi connectivity index (χ2n) is 6.62. The molecule has 0 bridgehead atoms. The lowest BCUT2D eigenvalue weighted by Gasteiger charge is -2.21. The molecule has 0 saturated heterocycles. The fourth-order valence-electron chi connectivity index (χ4n) is 2.86. The maximum Gasteiger partial charge on any atom is 0.273 e. The number of para-hydroxylation sites is 1. The van der Waals surface area contributed by atoms with Gasteiger partial charge in [-0.15, -0.1) is 0 Å². The summed E-state index contributed by atoms with van der Waals surface area (Å²) in [7, 11) is 3.36. The number of amides is 1. The van der Waals surface area contributed by atoms with E-state index in [1.165, 1.54) is 5.01 Å². The van der Waals surface area contributed by atoms with Crippen LogP contribution in [0.1, 0.15) is 16.8 Å². The van der Waals surface area contributed by atoms with Gasteiger partial charge in [0.1, 0.15) is 5.69 Å². The average molecular weight is 424 g/mol. The van der Waals surface area contributed by atoms with Crippen molar-refractivity contribution in [1.29, 1.82) is 0 Å². The number of ether oxygens (including phenoxy) is 1. The zero-order chi connectivity index (χ0) is 21.3. The molecule has 0 unspecified atom stereocenters. The van der Waals surface area contributed by atoms with E-state index in [1.54, 1.807) is 25.0 Å². The Hall–Kier alpha value is -3.23. The summed E-state index contributed by atoms with van der Waals surface area (Å²) in [6, 6.07) is 19.3. The van der Waals surface area contributed by atoms with Gasteiger partial charge in [-0.25, -0.2) is 4.68 Å². The number of hydrogen-bond acceptors (Lipinski definition) is 4. The largest absolute Gasteiger partial charge is 0.385 e. The summed E-state index contributed by atoms with van der Waals surface area (Å²) in [5.74, 6) is -0.292. The number of carbonyl (C=O) groups excluding carboxylic acids is 1. The molecule has 1 amide bonds. The molecule has 3 aromatic rings. The minimum atomic E-state index is -0.292. The Balaban J connectivity index is 1.80. The van der Waals surface area contributed by atoms with Crippen molar-refractivity contribution in [1.82, 2.24) is 25.5 Å². The van der Waals surface area contributed by atoms with Crippen molar-refractivity contribution in [3.63, 3.8) is 0 Å². The van der Waals surface area contributed by atoms with Gasteiger partial charge in [-0.1, -0.05) is 48.5 Å². The molecule has 3 rings (SSSR count). The summed E-state index contributed by atoms with van der Waals surface area (Å²) < 4.78 is 6.73. The number of nitrogens with zero attached hydrogens (tertiary/aromatic N) is 3. The van der Waals surface area contributed by atoms with Crippen LogP contribution in [0.25, 0.3) is 16.9 Å². The maximum absolute atomic E-state index is 13.1. The first-order valence-corrected chi connectivity index (χ1v) is 10.0. The van der Waals surface area contributed by atoms with Gasteiger partial charge in [-0.05, 0) is 30.8 Å². The lowest BCUT2D eigenvalue weighted by Crippen LogP contribution is -2.48. The van der Waals surface area contributed by atoms with Crippen molar-refractivity contribution in [2.24, 2.45) is 0 Å². The van der Waals surface area contributed by atoms with Gasteiger partial charge in [0.25, 0.3) is 5.91 Å². The number of rotatable bonds is 7. The third-order valence-electron chi connectivity index (χ3n) is 4.40. The highest BCUT2D eigenvalue weighted by atomic mass is 32.1. The number of benzene rings is 2. The zero-order valence-electron chi connectivity index (χ0n) is 17.0. The molecule has 156 valence electrons. The second kappa shape index (κ2) is 10.5. The lowest BCUT2D eigenvalue weighted by atomic mass is 10.1. The minimum absolute atomic E-state index is 0.292. The SMILES string of the molecule is COCCCNC(=S)N(C)NC(=O)c1cn(-c2ccccc2)nc1-c1ccccc1. The minimum Gasteiger partial charge on any atom is -0.385 e. The fourth-order valence-corrected chi connectivity index (χ4v) is 3.00. The van der Waals surface area contributed by atoms with Crippen LogP contribution in [0, 0.1) is 0 Å². The Morgan fingerprint density at radius 3 is 2.47 bits per heavy atom. The molecule has 2 N–H and O–H groups in total. The van der Waals surface area contributed by atoms with Crippen LogP contribution in [0.5, 0.6) is 0 Å². The van der Waals surface area contributed by atoms with Crippen LogP contribution < -0.4 is 10.7 Å². The Bertz CT molecular complexity index is 976. The highest BCUT2D eigenvalue weighted by Gasteiger charge is 2.20. The predicted octanol–water partition coefficient (Wildman–Crippen LogP) is 3.03.